The number of fused-ring (bicyclic) bond motifs is 1. The van der Waals surface area contributed by atoms with Gasteiger partial charge in [-0.15, -0.1) is 10.2 Å². The van der Waals surface area contributed by atoms with Crippen LogP contribution in [0.2, 0.25) is 0 Å². The second-order valence-corrected chi connectivity index (χ2v) is 7.90. The molecule has 4 rings (SSSR count). The molecule has 0 fully saturated rings. The second kappa shape index (κ2) is 7.59. The van der Waals surface area contributed by atoms with Gasteiger partial charge in [0.05, 0.1) is 16.7 Å². The van der Waals surface area contributed by atoms with Gasteiger partial charge in [0.15, 0.2) is 11.0 Å². The number of para-hydroxylation sites is 1. The Bertz CT molecular complexity index is 1190. The average Bonchev–Trinajstić information content (AvgIpc) is 3.11. The van der Waals surface area contributed by atoms with Crippen molar-refractivity contribution in [2.45, 2.75) is 37.7 Å². The fraction of sp³-hybridized carbons (Fsp3) is 0.238. The highest BCUT2D eigenvalue weighted by Crippen LogP contribution is 2.29. The molecule has 0 saturated heterocycles. The molecule has 28 heavy (non-hydrogen) atoms. The van der Waals surface area contributed by atoms with E-state index in [0.717, 1.165) is 16.5 Å². The van der Waals surface area contributed by atoms with Gasteiger partial charge in [-0.1, -0.05) is 47.7 Å². The molecule has 0 amide bonds. The average molecular weight is 392 g/mol. The lowest BCUT2D eigenvalue weighted by Gasteiger charge is -2.14. The number of aromatic amines is 1. The molecular weight excluding hydrogens is 370 g/mol. The summed E-state index contributed by atoms with van der Waals surface area (Å²) < 4.78 is 2.12. The molecule has 1 N–H and O–H groups in total. The highest BCUT2D eigenvalue weighted by atomic mass is 32.2. The van der Waals surface area contributed by atoms with Crippen molar-refractivity contribution in [2.24, 2.45) is 0 Å². The van der Waals surface area contributed by atoms with Crippen molar-refractivity contribution in [3.8, 4) is 11.4 Å². The summed E-state index contributed by atoms with van der Waals surface area (Å²) in [5.41, 5.74) is 2.81. The summed E-state index contributed by atoms with van der Waals surface area (Å²) in [6, 6.07) is 15.8. The van der Waals surface area contributed by atoms with Crippen LogP contribution in [-0.4, -0.2) is 24.7 Å². The third kappa shape index (κ3) is 3.57. The fourth-order valence-electron chi connectivity index (χ4n) is 3.16. The van der Waals surface area contributed by atoms with Gasteiger partial charge in [-0.05, 0) is 39.0 Å². The molecule has 0 saturated carbocycles. The van der Waals surface area contributed by atoms with Gasteiger partial charge in [0.2, 0.25) is 0 Å². The van der Waals surface area contributed by atoms with Crippen molar-refractivity contribution in [3.05, 3.63) is 70.3 Å². The molecule has 0 spiro atoms. The van der Waals surface area contributed by atoms with Crippen LogP contribution in [0.4, 0.5) is 0 Å². The van der Waals surface area contributed by atoms with Crippen LogP contribution >= 0.6 is 11.8 Å². The van der Waals surface area contributed by atoms with E-state index in [0.29, 0.717) is 22.5 Å². The SMILES string of the molecule is Cc1cccc(-c2nnc(SCc3nc4ccccc4c(=O)[nH]3)n2C(C)C)c1. The maximum Gasteiger partial charge on any atom is 0.258 e. The predicted octanol–water partition coefficient (Wildman–Crippen LogP) is 4.36. The van der Waals surface area contributed by atoms with Gasteiger partial charge in [0.25, 0.3) is 5.56 Å². The minimum atomic E-state index is -0.119. The van der Waals surface area contributed by atoms with Gasteiger partial charge in [-0.25, -0.2) is 4.98 Å². The lowest BCUT2D eigenvalue weighted by molar-refractivity contribution is 0.555. The van der Waals surface area contributed by atoms with Crippen LogP contribution in [0.5, 0.6) is 0 Å². The standard InChI is InChI=1S/C21H21N5OS/c1-13(2)26-19(15-8-6-7-14(3)11-15)24-25-21(26)28-12-18-22-17-10-5-4-9-16(17)20(27)23-18/h4-11,13H,12H2,1-3H3,(H,22,23,27). The van der Waals surface area contributed by atoms with Crippen molar-refractivity contribution in [1.82, 2.24) is 24.7 Å². The van der Waals surface area contributed by atoms with E-state index in [9.17, 15) is 4.79 Å². The summed E-state index contributed by atoms with van der Waals surface area (Å²) in [5.74, 6) is 1.99. The third-order valence-electron chi connectivity index (χ3n) is 4.46. The molecule has 0 unspecified atom stereocenters. The minimum absolute atomic E-state index is 0.119. The minimum Gasteiger partial charge on any atom is -0.309 e. The summed E-state index contributed by atoms with van der Waals surface area (Å²) in [6.07, 6.45) is 0. The van der Waals surface area contributed by atoms with E-state index in [1.54, 1.807) is 6.07 Å². The second-order valence-electron chi connectivity index (χ2n) is 6.96. The number of aromatic nitrogens is 5. The number of hydrogen-bond donors (Lipinski definition) is 1. The number of hydrogen-bond acceptors (Lipinski definition) is 5. The molecule has 0 aliphatic rings. The zero-order valence-electron chi connectivity index (χ0n) is 16.0. The predicted molar refractivity (Wildman–Crippen MR) is 113 cm³/mol. The molecule has 142 valence electrons. The van der Waals surface area contributed by atoms with Gasteiger partial charge in [0.1, 0.15) is 5.82 Å². The summed E-state index contributed by atoms with van der Waals surface area (Å²) >= 11 is 1.52. The molecule has 0 bridgehead atoms. The molecule has 2 aromatic heterocycles. The molecule has 4 aromatic rings. The lowest BCUT2D eigenvalue weighted by Crippen LogP contribution is -2.11. The molecule has 2 heterocycles. The Morgan fingerprint density at radius 2 is 1.93 bits per heavy atom. The smallest absolute Gasteiger partial charge is 0.258 e. The van der Waals surface area contributed by atoms with Crippen LogP contribution in [0.15, 0.2) is 58.5 Å². The number of nitrogens with one attached hydrogen (secondary N) is 1. The molecule has 7 heteroatoms. The maximum absolute atomic E-state index is 12.3. The Morgan fingerprint density at radius 1 is 1.11 bits per heavy atom. The van der Waals surface area contributed by atoms with Crippen molar-refractivity contribution in [1.29, 1.82) is 0 Å². The first kappa shape index (κ1) is 18.4. The van der Waals surface area contributed by atoms with Crippen LogP contribution in [0, 0.1) is 6.92 Å². The van der Waals surface area contributed by atoms with E-state index < -0.39 is 0 Å². The number of benzene rings is 2. The first-order chi connectivity index (χ1) is 13.5. The number of thioether (sulfide) groups is 1. The topological polar surface area (TPSA) is 76.5 Å². The van der Waals surface area contributed by atoms with E-state index in [1.807, 2.05) is 30.3 Å². The van der Waals surface area contributed by atoms with Crippen LogP contribution in [0.3, 0.4) is 0 Å². The van der Waals surface area contributed by atoms with Crippen LogP contribution in [0.25, 0.3) is 22.3 Å². The Kier molecular flexibility index (Phi) is 5.00. The van der Waals surface area contributed by atoms with E-state index in [2.05, 4.69) is 57.6 Å². The van der Waals surface area contributed by atoms with Crippen LogP contribution in [0.1, 0.15) is 31.3 Å². The molecule has 0 aliphatic carbocycles. The first-order valence-corrected chi connectivity index (χ1v) is 10.1. The van der Waals surface area contributed by atoms with Crippen LogP contribution < -0.4 is 5.56 Å². The summed E-state index contributed by atoms with van der Waals surface area (Å²) in [5, 5.41) is 10.2. The maximum atomic E-state index is 12.3. The molecule has 2 aromatic carbocycles. The van der Waals surface area contributed by atoms with Gasteiger partial charge in [-0.3, -0.25) is 9.36 Å². The number of nitrogens with zero attached hydrogens (tertiary/aromatic N) is 4. The quantitative estimate of drug-likeness (QED) is 0.512. The van der Waals surface area contributed by atoms with Crippen LogP contribution in [-0.2, 0) is 5.75 Å². The molecule has 6 nitrogen and oxygen atoms in total. The molecule has 0 aliphatic heterocycles. The van der Waals surface area contributed by atoms with E-state index in [-0.39, 0.29) is 11.6 Å². The molecular formula is C21H21N5OS. The van der Waals surface area contributed by atoms with Gasteiger partial charge in [-0.2, -0.15) is 0 Å². The summed E-state index contributed by atoms with van der Waals surface area (Å²) in [7, 11) is 0. The Balaban J connectivity index is 1.65. The molecule has 0 atom stereocenters. The summed E-state index contributed by atoms with van der Waals surface area (Å²) in [4.78, 5) is 19.7. The van der Waals surface area contributed by atoms with Gasteiger partial charge >= 0.3 is 0 Å². The van der Waals surface area contributed by atoms with Crippen molar-refractivity contribution in [3.63, 3.8) is 0 Å². The van der Waals surface area contributed by atoms with Gasteiger partial charge < -0.3 is 4.98 Å². The Morgan fingerprint density at radius 3 is 2.71 bits per heavy atom. The lowest BCUT2D eigenvalue weighted by atomic mass is 10.1. The highest BCUT2D eigenvalue weighted by Gasteiger charge is 2.17. The van der Waals surface area contributed by atoms with E-state index in [1.165, 1.54) is 17.3 Å². The number of H-pyrrole nitrogens is 1. The highest BCUT2D eigenvalue weighted by molar-refractivity contribution is 7.98. The normalized spacial score (nSPS) is 11.4. The van der Waals surface area contributed by atoms with Crippen molar-refractivity contribution in [2.75, 3.05) is 0 Å². The number of aryl methyl sites for hydroxylation is 1. The zero-order valence-corrected chi connectivity index (χ0v) is 16.8. The van der Waals surface area contributed by atoms with E-state index in [4.69, 9.17) is 0 Å². The van der Waals surface area contributed by atoms with E-state index >= 15 is 0 Å². The Labute approximate surface area is 167 Å². The van der Waals surface area contributed by atoms with Gasteiger partial charge in [0, 0.05) is 11.6 Å². The van der Waals surface area contributed by atoms with Crippen molar-refractivity contribution >= 4 is 22.7 Å². The fourth-order valence-corrected chi connectivity index (χ4v) is 4.10. The van der Waals surface area contributed by atoms with Crippen molar-refractivity contribution < 1.29 is 0 Å². The first-order valence-electron chi connectivity index (χ1n) is 9.15. The largest absolute Gasteiger partial charge is 0.309 e. The zero-order chi connectivity index (χ0) is 19.7. The Hall–Kier alpha value is -2.93. The monoisotopic (exact) mass is 391 g/mol. The number of rotatable bonds is 5. The summed E-state index contributed by atoms with van der Waals surface area (Å²) in [6.45, 7) is 6.29. The molecule has 0 radical (unpaired) electrons. The third-order valence-corrected chi connectivity index (χ3v) is 5.41.